The van der Waals surface area contributed by atoms with Crippen LogP contribution in [0.25, 0.3) is 0 Å². The fraction of sp³-hybridized carbons (Fsp3) is 0.480. The van der Waals surface area contributed by atoms with Gasteiger partial charge in [0.15, 0.2) is 0 Å². The number of aliphatic carboxylic acids is 2. The number of carbonyl (C=O) groups is 7. The number of nitrogens with one attached hydrogen (secondary N) is 4. The van der Waals surface area contributed by atoms with Gasteiger partial charge in [0, 0.05) is 30.8 Å². The Kier molecular flexibility index (Phi) is 14.0. The first-order valence-corrected chi connectivity index (χ1v) is 15.5. The zero-order chi connectivity index (χ0) is 32.1. The van der Waals surface area contributed by atoms with E-state index >= 15 is 0 Å². The summed E-state index contributed by atoms with van der Waals surface area (Å²) in [5, 5.41) is 38.0. The molecule has 0 radical (unpaired) electrons. The van der Waals surface area contributed by atoms with Gasteiger partial charge in [0.25, 0.3) is 0 Å². The van der Waals surface area contributed by atoms with Crippen molar-refractivity contribution in [2.75, 3.05) is 11.5 Å². The van der Waals surface area contributed by atoms with Crippen molar-refractivity contribution in [3.05, 3.63) is 29.8 Å². The van der Waals surface area contributed by atoms with Gasteiger partial charge in [-0.25, -0.2) is 4.79 Å². The molecular weight excluding hydrogens is 608 g/mol. The van der Waals surface area contributed by atoms with E-state index in [1.165, 1.54) is 24.3 Å². The van der Waals surface area contributed by atoms with E-state index in [0.29, 0.717) is 5.56 Å². The maximum Gasteiger partial charge on any atom is 0.327 e. The normalized spacial score (nSPS) is 24.4. The van der Waals surface area contributed by atoms with Crippen LogP contribution in [0.4, 0.5) is 0 Å². The first-order valence-electron chi connectivity index (χ1n) is 13.0. The molecule has 0 bridgehead atoms. The molecule has 0 aromatic heterocycles. The van der Waals surface area contributed by atoms with Gasteiger partial charge in [0.05, 0.1) is 6.04 Å². The summed E-state index contributed by atoms with van der Waals surface area (Å²) in [5.74, 6) is -7.15. The number of carboxylic acid groups (broad SMARTS) is 2. The predicted molar refractivity (Wildman–Crippen MR) is 155 cm³/mol. The second kappa shape index (κ2) is 17.2. The van der Waals surface area contributed by atoms with E-state index in [4.69, 9.17) is 16.6 Å². The molecule has 1 heterocycles. The Morgan fingerprint density at radius 3 is 1.84 bits per heavy atom. The summed E-state index contributed by atoms with van der Waals surface area (Å²) in [7, 11) is 2.06. The number of rotatable bonds is 9. The number of aromatic hydroxyl groups is 1. The van der Waals surface area contributed by atoms with E-state index in [-0.39, 0.29) is 42.9 Å². The standard InChI is InChI=1S/C25H34N6O10S2/c26-14-10-42-43-11-18(25(40)41)31-24(39)17(9-12-1-3-13(32)4-2-12)30-23(38)15(5-7-19(27)33)29-22(37)16(28-21(14)36)6-8-20(34)35/h1-4,14-18,32H,5-11,26H2,(H2,27,33)(H,28,36)(H,29,37)(H,30,38)(H,31,39)(H,34,35)(H,40,41)/t14-,15-,16-,17-,18-/m0/s1. The molecular formula is C25H34N6O10S2. The molecule has 0 aliphatic carbocycles. The van der Waals surface area contributed by atoms with E-state index in [2.05, 4.69) is 21.3 Å². The van der Waals surface area contributed by atoms with E-state index in [1.54, 1.807) is 0 Å². The van der Waals surface area contributed by atoms with Gasteiger partial charge >= 0.3 is 11.9 Å². The van der Waals surface area contributed by atoms with Gasteiger partial charge in [-0.1, -0.05) is 33.7 Å². The molecule has 236 valence electrons. The fourth-order valence-corrected chi connectivity index (χ4v) is 6.03. The minimum absolute atomic E-state index is 0.0190. The predicted octanol–water partition coefficient (Wildman–Crippen LogP) is -2.19. The van der Waals surface area contributed by atoms with Crippen LogP contribution in [0.5, 0.6) is 5.75 Å². The molecule has 0 saturated carbocycles. The van der Waals surface area contributed by atoms with E-state index in [1.807, 2.05) is 0 Å². The molecule has 1 fully saturated rings. The highest BCUT2D eigenvalue weighted by Gasteiger charge is 2.33. The van der Waals surface area contributed by atoms with Crippen molar-refractivity contribution in [1.82, 2.24) is 21.3 Å². The Morgan fingerprint density at radius 1 is 0.767 bits per heavy atom. The molecule has 5 atom stereocenters. The Morgan fingerprint density at radius 2 is 1.28 bits per heavy atom. The molecule has 18 heteroatoms. The number of phenols is 1. The lowest BCUT2D eigenvalue weighted by Crippen LogP contribution is -2.59. The number of amides is 5. The van der Waals surface area contributed by atoms with Crippen molar-refractivity contribution in [3.63, 3.8) is 0 Å². The third-order valence-electron chi connectivity index (χ3n) is 6.12. The molecule has 1 saturated heterocycles. The van der Waals surface area contributed by atoms with E-state index < -0.39 is 78.1 Å². The molecule has 43 heavy (non-hydrogen) atoms. The summed E-state index contributed by atoms with van der Waals surface area (Å²) in [4.78, 5) is 87.1. The molecule has 1 aromatic rings. The Bertz CT molecular complexity index is 1200. The Balaban J connectivity index is 2.46. The van der Waals surface area contributed by atoms with Gasteiger partial charge in [-0.05, 0) is 30.5 Å². The highest BCUT2D eigenvalue weighted by Crippen LogP contribution is 2.23. The number of hydrogen-bond acceptors (Lipinski definition) is 11. The molecule has 5 amide bonds. The van der Waals surface area contributed by atoms with Gasteiger partial charge in [-0.2, -0.15) is 0 Å². The number of nitrogens with two attached hydrogens (primary N) is 2. The minimum Gasteiger partial charge on any atom is -0.508 e. The first kappa shape index (κ1) is 35.2. The second-order valence-electron chi connectivity index (χ2n) is 9.57. The second-order valence-corrected chi connectivity index (χ2v) is 12.1. The number of phenolic OH excluding ortho intramolecular Hbond substituents is 1. The third kappa shape index (κ3) is 12.4. The van der Waals surface area contributed by atoms with Crippen LogP contribution in [0.2, 0.25) is 0 Å². The lowest BCUT2D eigenvalue weighted by Gasteiger charge is -2.26. The molecule has 0 unspecified atom stereocenters. The van der Waals surface area contributed by atoms with Crippen LogP contribution >= 0.6 is 21.6 Å². The van der Waals surface area contributed by atoms with Gasteiger partial charge in [0.2, 0.25) is 29.5 Å². The molecule has 0 spiro atoms. The Labute approximate surface area is 253 Å². The van der Waals surface area contributed by atoms with E-state index in [0.717, 1.165) is 21.6 Å². The smallest absolute Gasteiger partial charge is 0.327 e. The number of carbonyl (C=O) groups excluding carboxylic acids is 5. The SMILES string of the molecule is NC(=O)CC[C@@H]1NC(=O)[C@H](CCC(=O)O)NC(=O)[C@@H](N)CSSC[C@@H](C(=O)O)NC(=O)[C@H](Cc2ccc(O)cc2)NC1=O. The van der Waals surface area contributed by atoms with Crippen molar-refractivity contribution >= 4 is 63.1 Å². The lowest BCUT2D eigenvalue weighted by molar-refractivity contribution is -0.141. The van der Waals surface area contributed by atoms with Crippen LogP contribution in [-0.4, -0.2) is 98.5 Å². The van der Waals surface area contributed by atoms with Gasteiger partial charge in [0.1, 0.15) is 29.9 Å². The fourth-order valence-electron chi connectivity index (χ4n) is 3.75. The summed E-state index contributed by atoms with van der Waals surface area (Å²) in [6.07, 6.45) is -1.68. The first-order chi connectivity index (χ1) is 20.3. The van der Waals surface area contributed by atoms with E-state index in [9.17, 15) is 43.8 Å². The van der Waals surface area contributed by atoms with Gasteiger partial charge < -0.3 is 48.1 Å². The zero-order valence-corrected chi connectivity index (χ0v) is 24.4. The zero-order valence-electron chi connectivity index (χ0n) is 22.8. The summed E-state index contributed by atoms with van der Waals surface area (Å²) in [5.41, 5.74) is 11.6. The van der Waals surface area contributed by atoms with Crippen molar-refractivity contribution in [1.29, 1.82) is 0 Å². The summed E-state index contributed by atoms with van der Waals surface area (Å²) in [6.45, 7) is 0. The van der Waals surface area contributed by atoms with Crippen molar-refractivity contribution in [2.24, 2.45) is 11.5 Å². The van der Waals surface area contributed by atoms with Crippen LogP contribution in [0.3, 0.4) is 0 Å². The number of primary amides is 1. The Hall–Kier alpha value is -4.03. The molecule has 16 nitrogen and oxygen atoms in total. The van der Waals surface area contributed by atoms with Crippen LogP contribution in [0.1, 0.15) is 31.2 Å². The molecule has 1 aliphatic rings. The number of hydrogen-bond donors (Lipinski definition) is 9. The van der Waals surface area contributed by atoms with Gasteiger partial charge in [-0.15, -0.1) is 0 Å². The molecule has 2 rings (SSSR count). The van der Waals surface area contributed by atoms with Crippen LogP contribution in [-0.2, 0) is 40.0 Å². The summed E-state index contributed by atoms with van der Waals surface area (Å²) in [6, 6.07) is -1.12. The highest BCUT2D eigenvalue weighted by molar-refractivity contribution is 8.76. The van der Waals surface area contributed by atoms with Crippen LogP contribution in [0.15, 0.2) is 24.3 Å². The molecule has 1 aliphatic heterocycles. The lowest BCUT2D eigenvalue weighted by atomic mass is 10.0. The van der Waals surface area contributed by atoms with Crippen molar-refractivity contribution in [3.8, 4) is 5.75 Å². The molecule has 11 N–H and O–H groups in total. The maximum atomic E-state index is 13.4. The minimum atomic E-state index is -1.47. The maximum absolute atomic E-state index is 13.4. The van der Waals surface area contributed by atoms with Crippen LogP contribution in [0, 0.1) is 0 Å². The quantitative estimate of drug-likeness (QED) is 0.130. The monoisotopic (exact) mass is 642 g/mol. The summed E-state index contributed by atoms with van der Waals surface area (Å²) < 4.78 is 0. The number of benzene rings is 1. The van der Waals surface area contributed by atoms with Crippen molar-refractivity contribution < 1.29 is 48.9 Å². The third-order valence-corrected chi connectivity index (χ3v) is 8.57. The molecule has 1 aromatic carbocycles. The van der Waals surface area contributed by atoms with Crippen LogP contribution < -0.4 is 32.7 Å². The highest BCUT2D eigenvalue weighted by atomic mass is 33.1. The number of carboxylic acids is 2. The summed E-state index contributed by atoms with van der Waals surface area (Å²) >= 11 is 0. The largest absolute Gasteiger partial charge is 0.508 e. The average molecular weight is 643 g/mol. The topological polar surface area (TPSA) is 280 Å². The van der Waals surface area contributed by atoms with Crippen molar-refractivity contribution in [2.45, 2.75) is 62.3 Å². The van der Waals surface area contributed by atoms with Gasteiger partial charge in [-0.3, -0.25) is 28.8 Å². The average Bonchev–Trinajstić information content (AvgIpc) is 2.94.